The molecule has 3 rings (SSSR count). The zero-order valence-electron chi connectivity index (χ0n) is 11.7. The molecule has 0 aliphatic carbocycles. The van der Waals surface area contributed by atoms with Gasteiger partial charge in [0.2, 0.25) is 0 Å². The fraction of sp³-hybridized carbons (Fsp3) is 0.467. The lowest BCUT2D eigenvalue weighted by Crippen LogP contribution is -2.34. The first-order chi connectivity index (χ1) is 10.1. The molecule has 0 saturated carbocycles. The number of carbonyl (C=O) groups excluding carboxylic acids is 1. The molecule has 6 heteroatoms. The Morgan fingerprint density at radius 2 is 2.10 bits per heavy atom. The van der Waals surface area contributed by atoms with Gasteiger partial charge in [0.1, 0.15) is 12.4 Å². The number of anilines is 1. The molecule has 0 radical (unpaired) electrons. The van der Waals surface area contributed by atoms with E-state index in [1.807, 2.05) is 4.90 Å². The second-order valence-electron chi connectivity index (χ2n) is 5.46. The maximum Gasteiger partial charge on any atom is 0.305 e. The van der Waals surface area contributed by atoms with Gasteiger partial charge in [0, 0.05) is 18.7 Å². The van der Waals surface area contributed by atoms with Crippen LogP contribution in [0.15, 0.2) is 18.2 Å². The summed E-state index contributed by atoms with van der Waals surface area (Å²) in [4.78, 5) is 25.0. The van der Waals surface area contributed by atoms with Gasteiger partial charge in [0.05, 0.1) is 18.2 Å². The van der Waals surface area contributed by atoms with Crippen LogP contribution in [0.25, 0.3) is 0 Å². The highest BCUT2D eigenvalue weighted by Gasteiger charge is 2.24. The van der Waals surface area contributed by atoms with E-state index in [0.29, 0.717) is 23.6 Å². The third kappa shape index (κ3) is 2.94. The van der Waals surface area contributed by atoms with Crippen molar-refractivity contribution < 1.29 is 19.4 Å². The summed E-state index contributed by atoms with van der Waals surface area (Å²) in [6, 6.07) is 5.01. The molecule has 1 amide bonds. The van der Waals surface area contributed by atoms with Gasteiger partial charge in [-0.05, 0) is 31.0 Å². The number of amides is 1. The van der Waals surface area contributed by atoms with Crippen LogP contribution in [0.2, 0.25) is 0 Å². The number of benzene rings is 1. The van der Waals surface area contributed by atoms with Crippen molar-refractivity contribution in [3.05, 3.63) is 23.8 Å². The van der Waals surface area contributed by atoms with E-state index in [9.17, 15) is 9.59 Å². The first-order valence-corrected chi connectivity index (χ1v) is 7.18. The molecule has 2 heterocycles. The van der Waals surface area contributed by atoms with Crippen LogP contribution in [-0.4, -0.2) is 47.6 Å². The SMILES string of the molecule is O=C(O)CC1COc2ccc(C(=O)N3CCCC3)cc2N1. The molecule has 0 aromatic heterocycles. The van der Waals surface area contributed by atoms with Crippen LogP contribution in [0.5, 0.6) is 5.75 Å². The van der Waals surface area contributed by atoms with E-state index in [2.05, 4.69) is 5.32 Å². The number of aliphatic carboxylic acids is 1. The minimum atomic E-state index is -0.871. The zero-order chi connectivity index (χ0) is 14.8. The summed E-state index contributed by atoms with van der Waals surface area (Å²) in [5.74, 6) is -0.184. The molecule has 2 aliphatic rings. The molecule has 1 unspecified atom stereocenters. The largest absolute Gasteiger partial charge is 0.489 e. The van der Waals surface area contributed by atoms with Crippen LogP contribution in [0.3, 0.4) is 0 Å². The third-order valence-corrected chi connectivity index (χ3v) is 3.84. The minimum Gasteiger partial charge on any atom is -0.489 e. The number of carbonyl (C=O) groups is 2. The fourth-order valence-electron chi connectivity index (χ4n) is 2.78. The van der Waals surface area contributed by atoms with Crippen LogP contribution >= 0.6 is 0 Å². The Hall–Kier alpha value is -2.24. The summed E-state index contributed by atoms with van der Waals surface area (Å²) in [6.07, 6.45) is 2.10. The highest BCUT2D eigenvalue weighted by Crippen LogP contribution is 2.31. The van der Waals surface area contributed by atoms with Crippen LogP contribution in [-0.2, 0) is 4.79 Å². The van der Waals surface area contributed by atoms with Gasteiger partial charge in [-0.2, -0.15) is 0 Å². The number of nitrogens with one attached hydrogen (secondary N) is 1. The lowest BCUT2D eigenvalue weighted by molar-refractivity contribution is -0.137. The number of ether oxygens (including phenoxy) is 1. The molecule has 0 bridgehead atoms. The van der Waals surface area contributed by atoms with Gasteiger partial charge >= 0.3 is 5.97 Å². The molecular weight excluding hydrogens is 272 g/mol. The number of fused-ring (bicyclic) bond motifs is 1. The zero-order valence-corrected chi connectivity index (χ0v) is 11.7. The molecule has 1 aromatic carbocycles. The number of carboxylic acid groups (broad SMARTS) is 1. The molecule has 112 valence electrons. The Kier molecular flexibility index (Phi) is 3.68. The Balaban J connectivity index is 1.77. The molecule has 1 saturated heterocycles. The summed E-state index contributed by atoms with van der Waals surface area (Å²) < 4.78 is 5.55. The number of rotatable bonds is 3. The lowest BCUT2D eigenvalue weighted by atomic mass is 10.1. The highest BCUT2D eigenvalue weighted by atomic mass is 16.5. The van der Waals surface area contributed by atoms with Gasteiger partial charge < -0.3 is 20.1 Å². The van der Waals surface area contributed by atoms with Crippen molar-refractivity contribution in [3.8, 4) is 5.75 Å². The van der Waals surface area contributed by atoms with Crippen molar-refractivity contribution in [2.24, 2.45) is 0 Å². The standard InChI is InChI=1S/C15H18N2O4/c18-14(19)8-11-9-21-13-4-3-10(7-12(13)16-11)15(20)17-5-1-2-6-17/h3-4,7,11,16H,1-2,5-6,8-9H2,(H,18,19). The fourth-order valence-corrected chi connectivity index (χ4v) is 2.78. The van der Waals surface area contributed by atoms with E-state index >= 15 is 0 Å². The Labute approximate surface area is 122 Å². The molecule has 1 fully saturated rings. The van der Waals surface area contributed by atoms with E-state index in [4.69, 9.17) is 9.84 Å². The van der Waals surface area contributed by atoms with Gasteiger partial charge in [0.15, 0.2) is 0 Å². The Morgan fingerprint density at radius 3 is 2.81 bits per heavy atom. The maximum atomic E-state index is 12.4. The summed E-state index contributed by atoms with van der Waals surface area (Å²) in [7, 11) is 0. The van der Waals surface area contributed by atoms with Crippen molar-refractivity contribution in [1.29, 1.82) is 0 Å². The molecule has 2 N–H and O–H groups in total. The van der Waals surface area contributed by atoms with Gasteiger partial charge in [-0.25, -0.2) is 0 Å². The average molecular weight is 290 g/mol. The first-order valence-electron chi connectivity index (χ1n) is 7.18. The normalized spacial score (nSPS) is 20.4. The second kappa shape index (κ2) is 5.63. The molecule has 21 heavy (non-hydrogen) atoms. The number of likely N-dealkylation sites (tertiary alicyclic amines) is 1. The number of hydrogen-bond acceptors (Lipinski definition) is 4. The van der Waals surface area contributed by atoms with E-state index in [-0.39, 0.29) is 18.4 Å². The topological polar surface area (TPSA) is 78.9 Å². The van der Waals surface area contributed by atoms with E-state index in [1.165, 1.54) is 0 Å². The summed E-state index contributed by atoms with van der Waals surface area (Å²) in [5.41, 5.74) is 1.31. The molecule has 1 atom stereocenters. The van der Waals surface area contributed by atoms with E-state index in [1.54, 1.807) is 18.2 Å². The predicted octanol–water partition coefficient (Wildman–Crippen LogP) is 1.57. The molecule has 6 nitrogen and oxygen atoms in total. The minimum absolute atomic E-state index is 0.0102. The van der Waals surface area contributed by atoms with Gasteiger partial charge in [0.25, 0.3) is 5.91 Å². The van der Waals surface area contributed by atoms with Crippen LogP contribution < -0.4 is 10.1 Å². The average Bonchev–Trinajstić information content (AvgIpc) is 2.99. The Bertz CT molecular complexity index is 567. The smallest absolute Gasteiger partial charge is 0.305 e. The van der Waals surface area contributed by atoms with Crippen molar-refractivity contribution in [1.82, 2.24) is 4.90 Å². The summed E-state index contributed by atoms with van der Waals surface area (Å²) in [5, 5.41) is 12.0. The third-order valence-electron chi connectivity index (χ3n) is 3.84. The second-order valence-corrected chi connectivity index (χ2v) is 5.46. The molecule has 0 spiro atoms. The molecule has 2 aliphatic heterocycles. The number of hydrogen-bond donors (Lipinski definition) is 2. The van der Waals surface area contributed by atoms with E-state index in [0.717, 1.165) is 25.9 Å². The Morgan fingerprint density at radius 1 is 1.33 bits per heavy atom. The number of nitrogens with zero attached hydrogens (tertiary/aromatic N) is 1. The predicted molar refractivity (Wildman–Crippen MR) is 76.7 cm³/mol. The van der Waals surface area contributed by atoms with Crippen molar-refractivity contribution in [3.63, 3.8) is 0 Å². The maximum absolute atomic E-state index is 12.4. The molecular formula is C15H18N2O4. The van der Waals surface area contributed by atoms with Gasteiger partial charge in [-0.15, -0.1) is 0 Å². The van der Waals surface area contributed by atoms with Crippen molar-refractivity contribution >= 4 is 17.6 Å². The van der Waals surface area contributed by atoms with Crippen LogP contribution in [0.4, 0.5) is 5.69 Å². The summed E-state index contributed by atoms with van der Waals surface area (Å²) >= 11 is 0. The van der Waals surface area contributed by atoms with Crippen LogP contribution in [0.1, 0.15) is 29.6 Å². The monoisotopic (exact) mass is 290 g/mol. The van der Waals surface area contributed by atoms with Crippen molar-refractivity contribution in [2.75, 3.05) is 25.0 Å². The highest BCUT2D eigenvalue weighted by molar-refractivity contribution is 5.96. The van der Waals surface area contributed by atoms with Gasteiger partial charge in [-0.1, -0.05) is 0 Å². The van der Waals surface area contributed by atoms with Gasteiger partial charge in [-0.3, -0.25) is 9.59 Å². The lowest BCUT2D eigenvalue weighted by Gasteiger charge is -2.27. The number of carboxylic acids is 1. The van der Waals surface area contributed by atoms with Crippen molar-refractivity contribution in [2.45, 2.75) is 25.3 Å². The first kappa shape index (κ1) is 13.7. The van der Waals surface area contributed by atoms with E-state index < -0.39 is 5.97 Å². The molecule has 1 aromatic rings. The van der Waals surface area contributed by atoms with Crippen LogP contribution in [0, 0.1) is 0 Å². The summed E-state index contributed by atoms with van der Waals surface area (Å²) in [6.45, 7) is 1.93. The quantitative estimate of drug-likeness (QED) is 0.883.